The van der Waals surface area contributed by atoms with Crippen LogP contribution in [0.3, 0.4) is 0 Å². The van der Waals surface area contributed by atoms with Crippen molar-refractivity contribution in [1.29, 1.82) is 0 Å². The molecule has 6 nitrogen and oxygen atoms in total. The number of carboxylic acids is 1. The summed E-state index contributed by atoms with van der Waals surface area (Å²) in [5.74, 6) is -0.189. The maximum atomic E-state index is 10.6. The van der Waals surface area contributed by atoms with Gasteiger partial charge < -0.3 is 19.1 Å². The number of rotatable bonds is 5. The molecule has 1 heterocycles. The Hall–Kier alpha value is -2.02. The molecule has 0 amide bonds. The van der Waals surface area contributed by atoms with Gasteiger partial charge in [-0.2, -0.15) is 0 Å². The Balaban J connectivity index is 2.18. The van der Waals surface area contributed by atoms with Crippen LogP contribution >= 0.6 is 11.8 Å². The molecule has 19 heavy (non-hydrogen) atoms. The number of carbonyl (C=O) groups is 1. The van der Waals surface area contributed by atoms with E-state index in [4.69, 9.17) is 9.15 Å². The number of nitrogens with zero attached hydrogens (tertiary/aromatic N) is 2. The second-order valence-electron chi connectivity index (χ2n) is 3.68. The minimum atomic E-state index is -1.17. The number of aromatic nitrogens is 2. The first kappa shape index (κ1) is 13.4. The number of carboxylic acid groups (broad SMARTS) is 1. The first-order valence-electron chi connectivity index (χ1n) is 5.45. The molecule has 0 aliphatic carbocycles. The highest BCUT2D eigenvalue weighted by Crippen LogP contribution is 2.27. The zero-order valence-corrected chi connectivity index (χ0v) is 11.1. The van der Waals surface area contributed by atoms with Crippen molar-refractivity contribution in [2.24, 2.45) is 0 Å². The highest BCUT2D eigenvalue weighted by Gasteiger charge is 2.13. The summed E-state index contributed by atoms with van der Waals surface area (Å²) in [5, 5.41) is 17.7. The lowest BCUT2D eigenvalue weighted by molar-refractivity contribution is -0.304. The number of hydrogen-bond donors (Lipinski definition) is 0. The lowest BCUT2D eigenvalue weighted by Gasteiger charge is -2.07. The standard InChI is InChI=1S/C12H12N2O4S/c1-7(11(15)16)19-12-14-13-10(18-12)8-4-3-5-9(6-8)17-2/h3-7H,1-2H3,(H,15,16)/p-1/t7-/m0/s1. The molecule has 0 radical (unpaired) electrons. The fourth-order valence-corrected chi connectivity index (χ4v) is 1.94. The predicted octanol–water partition coefficient (Wildman–Crippen LogP) is 0.976. The molecule has 2 rings (SSSR count). The van der Waals surface area contributed by atoms with Crippen molar-refractivity contribution in [1.82, 2.24) is 10.2 Å². The van der Waals surface area contributed by atoms with Gasteiger partial charge >= 0.3 is 0 Å². The molecule has 100 valence electrons. The molecule has 1 aromatic carbocycles. The zero-order valence-electron chi connectivity index (χ0n) is 10.3. The molecular formula is C12H11N2O4S-. The molecule has 0 saturated heterocycles. The Morgan fingerprint density at radius 3 is 2.95 bits per heavy atom. The average Bonchev–Trinajstić information content (AvgIpc) is 2.87. The van der Waals surface area contributed by atoms with Crippen molar-refractivity contribution in [2.75, 3.05) is 7.11 Å². The molecule has 7 heteroatoms. The van der Waals surface area contributed by atoms with Crippen LogP contribution in [0.5, 0.6) is 5.75 Å². The lowest BCUT2D eigenvalue weighted by atomic mass is 10.2. The summed E-state index contributed by atoms with van der Waals surface area (Å²) in [4.78, 5) is 10.6. The van der Waals surface area contributed by atoms with E-state index in [9.17, 15) is 9.90 Å². The Bertz CT molecular complexity index is 585. The van der Waals surface area contributed by atoms with Gasteiger partial charge in [0.2, 0.25) is 5.89 Å². The molecule has 0 spiro atoms. The molecule has 0 saturated carbocycles. The minimum Gasteiger partial charge on any atom is -0.549 e. The minimum absolute atomic E-state index is 0.189. The van der Waals surface area contributed by atoms with Crippen molar-refractivity contribution in [2.45, 2.75) is 17.4 Å². The van der Waals surface area contributed by atoms with E-state index in [0.717, 1.165) is 11.8 Å². The molecular weight excluding hydrogens is 268 g/mol. The fraction of sp³-hybridized carbons (Fsp3) is 0.250. The monoisotopic (exact) mass is 279 g/mol. The molecule has 0 aliphatic heterocycles. The number of methoxy groups -OCH3 is 1. The molecule has 2 aromatic rings. The van der Waals surface area contributed by atoms with Crippen molar-refractivity contribution >= 4 is 17.7 Å². The molecule has 1 aromatic heterocycles. The Kier molecular flexibility index (Phi) is 4.06. The number of thioether (sulfide) groups is 1. The third-order valence-corrected chi connectivity index (χ3v) is 3.25. The predicted molar refractivity (Wildman–Crippen MR) is 66.6 cm³/mol. The van der Waals surface area contributed by atoms with Crippen LogP contribution < -0.4 is 9.84 Å². The van der Waals surface area contributed by atoms with Crippen LogP contribution in [0.4, 0.5) is 0 Å². The van der Waals surface area contributed by atoms with Crippen LogP contribution in [0.2, 0.25) is 0 Å². The second kappa shape index (κ2) is 5.75. The van der Waals surface area contributed by atoms with Gasteiger partial charge in [-0.3, -0.25) is 0 Å². The number of benzene rings is 1. The van der Waals surface area contributed by atoms with Gasteiger partial charge in [-0.15, -0.1) is 10.2 Å². The van der Waals surface area contributed by atoms with Gasteiger partial charge in [0.15, 0.2) is 0 Å². The largest absolute Gasteiger partial charge is 0.549 e. The number of aliphatic carboxylic acids is 1. The molecule has 0 N–H and O–H groups in total. The maximum absolute atomic E-state index is 10.6. The summed E-state index contributed by atoms with van der Waals surface area (Å²) in [7, 11) is 1.57. The smallest absolute Gasteiger partial charge is 0.277 e. The van der Waals surface area contributed by atoms with Crippen LogP contribution in [0.15, 0.2) is 33.9 Å². The van der Waals surface area contributed by atoms with Gasteiger partial charge in [0.25, 0.3) is 5.22 Å². The van der Waals surface area contributed by atoms with Crippen molar-refractivity contribution in [3.05, 3.63) is 24.3 Å². The number of hydrogen-bond acceptors (Lipinski definition) is 7. The van der Waals surface area contributed by atoms with E-state index < -0.39 is 11.2 Å². The molecule has 0 unspecified atom stereocenters. The van der Waals surface area contributed by atoms with Crippen LogP contribution in [-0.4, -0.2) is 28.5 Å². The van der Waals surface area contributed by atoms with E-state index in [2.05, 4.69) is 10.2 Å². The highest BCUT2D eigenvalue weighted by molar-refractivity contribution is 8.00. The number of carbonyl (C=O) groups excluding carboxylic acids is 1. The molecule has 1 atom stereocenters. The first-order valence-corrected chi connectivity index (χ1v) is 6.33. The van der Waals surface area contributed by atoms with Crippen LogP contribution in [0.25, 0.3) is 11.5 Å². The molecule has 0 fully saturated rings. The summed E-state index contributed by atoms with van der Waals surface area (Å²) >= 11 is 0.944. The summed E-state index contributed by atoms with van der Waals surface area (Å²) in [6, 6.07) is 7.15. The van der Waals surface area contributed by atoms with E-state index in [-0.39, 0.29) is 5.22 Å². The Morgan fingerprint density at radius 2 is 2.26 bits per heavy atom. The van der Waals surface area contributed by atoms with Crippen molar-refractivity contribution in [3.8, 4) is 17.2 Å². The first-order chi connectivity index (χ1) is 9.10. The lowest BCUT2D eigenvalue weighted by Crippen LogP contribution is -2.31. The third kappa shape index (κ3) is 3.25. The fourth-order valence-electron chi connectivity index (χ4n) is 1.33. The number of ether oxygens (including phenoxy) is 1. The zero-order chi connectivity index (χ0) is 13.8. The Morgan fingerprint density at radius 1 is 1.47 bits per heavy atom. The van der Waals surface area contributed by atoms with Gasteiger partial charge in [-0.25, -0.2) is 0 Å². The van der Waals surface area contributed by atoms with Crippen molar-refractivity contribution < 1.29 is 19.1 Å². The van der Waals surface area contributed by atoms with E-state index in [1.165, 1.54) is 6.92 Å². The van der Waals surface area contributed by atoms with Gasteiger partial charge in [0.1, 0.15) is 5.75 Å². The molecule has 0 bridgehead atoms. The van der Waals surface area contributed by atoms with Gasteiger partial charge in [0, 0.05) is 5.56 Å². The quantitative estimate of drug-likeness (QED) is 0.753. The average molecular weight is 279 g/mol. The van der Waals surface area contributed by atoms with E-state index in [0.29, 0.717) is 17.2 Å². The van der Waals surface area contributed by atoms with Crippen LogP contribution in [-0.2, 0) is 4.79 Å². The van der Waals surface area contributed by atoms with E-state index in [1.54, 1.807) is 31.4 Å². The van der Waals surface area contributed by atoms with Crippen LogP contribution in [0, 0.1) is 0 Å². The Labute approximate surface area is 113 Å². The SMILES string of the molecule is COc1cccc(-c2nnc(S[C@@H](C)C(=O)[O-])o2)c1. The van der Waals surface area contributed by atoms with Gasteiger partial charge in [-0.05, 0) is 25.1 Å². The summed E-state index contributed by atoms with van der Waals surface area (Å²) in [5.41, 5.74) is 0.708. The normalized spacial score (nSPS) is 12.1. The summed E-state index contributed by atoms with van der Waals surface area (Å²) in [6.45, 7) is 1.50. The van der Waals surface area contributed by atoms with Crippen LogP contribution in [0.1, 0.15) is 6.92 Å². The van der Waals surface area contributed by atoms with Gasteiger partial charge in [0.05, 0.1) is 18.3 Å². The summed E-state index contributed by atoms with van der Waals surface area (Å²) in [6.07, 6.45) is 0. The molecule has 0 aliphatic rings. The van der Waals surface area contributed by atoms with E-state index >= 15 is 0 Å². The van der Waals surface area contributed by atoms with Gasteiger partial charge in [-0.1, -0.05) is 17.8 Å². The summed E-state index contributed by atoms with van der Waals surface area (Å²) < 4.78 is 10.5. The topological polar surface area (TPSA) is 88.3 Å². The maximum Gasteiger partial charge on any atom is 0.277 e. The van der Waals surface area contributed by atoms with E-state index in [1.807, 2.05) is 0 Å². The second-order valence-corrected chi connectivity index (χ2v) is 4.98. The van der Waals surface area contributed by atoms with Crippen molar-refractivity contribution in [3.63, 3.8) is 0 Å². The highest BCUT2D eigenvalue weighted by atomic mass is 32.2. The third-order valence-electron chi connectivity index (χ3n) is 2.33.